The van der Waals surface area contributed by atoms with E-state index in [0.29, 0.717) is 19.1 Å². The molecule has 0 N–H and O–H groups in total. The molecule has 28 heavy (non-hydrogen) atoms. The average molecular weight is 401 g/mol. The van der Waals surface area contributed by atoms with E-state index in [0.717, 1.165) is 48.5 Å². The van der Waals surface area contributed by atoms with Crippen molar-refractivity contribution in [3.05, 3.63) is 42.0 Å². The number of ether oxygens (including phenoxy) is 1. The van der Waals surface area contributed by atoms with E-state index in [-0.39, 0.29) is 5.25 Å². The molecule has 148 valence electrons. The highest BCUT2D eigenvalue weighted by atomic mass is 32.2. The van der Waals surface area contributed by atoms with E-state index in [1.54, 1.807) is 11.8 Å². The molecule has 1 aromatic carbocycles. The van der Waals surface area contributed by atoms with Crippen LogP contribution in [0.5, 0.6) is 0 Å². The maximum atomic E-state index is 5.49. The van der Waals surface area contributed by atoms with E-state index in [9.17, 15) is 0 Å². The maximum Gasteiger partial charge on any atom is 0.239 e. The smallest absolute Gasteiger partial charge is 0.239 e. The number of aromatic nitrogens is 5. The zero-order chi connectivity index (χ0) is 19.3. The molecule has 1 atom stereocenters. The lowest BCUT2D eigenvalue weighted by Crippen LogP contribution is -2.37. The lowest BCUT2D eigenvalue weighted by Gasteiger charge is -2.28. The highest BCUT2D eigenvalue weighted by Crippen LogP contribution is 2.36. The normalized spacial score (nSPS) is 15.7. The highest BCUT2D eigenvalue weighted by Gasteiger charge is 2.25. The first kappa shape index (κ1) is 18.9. The molecular weight excluding hydrogens is 376 g/mol. The number of hydrogen-bond acceptors (Lipinski definition) is 8. The Morgan fingerprint density at radius 2 is 1.93 bits per heavy atom. The number of hydrogen-bond donors (Lipinski definition) is 0. The molecule has 1 aliphatic rings. The molecule has 9 heteroatoms. The number of para-hydroxylation sites is 1. The number of nitrogens with zero attached hydrogens (tertiary/aromatic N) is 6. The van der Waals surface area contributed by atoms with Crippen molar-refractivity contribution >= 4 is 17.7 Å². The predicted octanol–water partition coefficient (Wildman–Crippen LogP) is 3.29. The van der Waals surface area contributed by atoms with E-state index >= 15 is 0 Å². The van der Waals surface area contributed by atoms with Crippen molar-refractivity contribution in [3.8, 4) is 5.69 Å². The number of rotatable bonds is 7. The van der Waals surface area contributed by atoms with Crippen molar-refractivity contribution < 1.29 is 9.26 Å². The summed E-state index contributed by atoms with van der Waals surface area (Å²) < 4.78 is 13.0. The van der Waals surface area contributed by atoms with Crippen LogP contribution in [0.15, 0.2) is 40.0 Å². The summed E-state index contributed by atoms with van der Waals surface area (Å²) in [5, 5.41) is 13.8. The fourth-order valence-corrected chi connectivity index (χ4v) is 3.97. The van der Waals surface area contributed by atoms with Gasteiger partial charge in [0.1, 0.15) is 0 Å². The average Bonchev–Trinajstić information content (AvgIpc) is 3.37. The van der Waals surface area contributed by atoms with Gasteiger partial charge in [-0.15, -0.1) is 10.2 Å². The van der Waals surface area contributed by atoms with Crippen LogP contribution in [0.2, 0.25) is 0 Å². The summed E-state index contributed by atoms with van der Waals surface area (Å²) in [6.07, 6.45) is 1.81. The molecule has 4 rings (SSSR count). The number of morpholine rings is 1. The molecule has 0 amide bonds. The Labute approximate surface area is 168 Å². The molecule has 1 aliphatic heterocycles. The third-order valence-electron chi connectivity index (χ3n) is 4.51. The Kier molecular flexibility index (Phi) is 5.92. The maximum absolute atomic E-state index is 5.49. The van der Waals surface area contributed by atoms with Crippen molar-refractivity contribution in [1.82, 2.24) is 24.9 Å². The van der Waals surface area contributed by atoms with E-state index in [2.05, 4.69) is 48.9 Å². The second kappa shape index (κ2) is 8.74. The van der Waals surface area contributed by atoms with Gasteiger partial charge < -0.3 is 14.2 Å². The van der Waals surface area contributed by atoms with Gasteiger partial charge in [0.25, 0.3) is 0 Å². The molecule has 1 fully saturated rings. The van der Waals surface area contributed by atoms with Gasteiger partial charge in [-0.3, -0.25) is 4.57 Å². The number of aryl methyl sites for hydroxylation is 1. The summed E-state index contributed by atoms with van der Waals surface area (Å²) in [5.74, 6) is 2.20. The molecule has 1 unspecified atom stereocenters. The minimum atomic E-state index is -0.0256. The Bertz CT molecular complexity index is 891. The third kappa shape index (κ3) is 4.05. The summed E-state index contributed by atoms with van der Waals surface area (Å²) in [4.78, 5) is 6.72. The highest BCUT2D eigenvalue weighted by molar-refractivity contribution is 7.99. The van der Waals surface area contributed by atoms with Gasteiger partial charge in [-0.1, -0.05) is 42.0 Å². The van der Waals surface area contributed by atoms with Crippen molar-refractivity contribution in [2.45, 2.75) is 37.1 Å². The van der Waals surface area contributed by atoms with Gasteiger partial charge in [-0.25, -0.2) is 0 Å². The molecule has 3 aromatic rings. The van der Waals surface area contributed by atoms with Crippen LogP contribution >= 0.6 is 11.8 Å². The summed E-state index contributed by atoms with van der Waals surface area (Å²) in [7, 11) is 0. The molecule has 3 heterocycles. The summed E-state index contributed by atoms with van der Waals surface area (Å²) in [5.41, 5.74) is 1.03. The monoisotopic (exact) mass is 400 g/mol. The number of anilines is 1. The molecule has 0 saturated carbocycles. The second-order valence-electron chi connectivity index (χ2n) is 6.61. The lowest BCUT2D eigenvalue weighted by molar-refractivity contribution is 0.122. The summed E-state index contributed by atoms with van der Waals surface area (Å²) in [6.45, 7) is 7.14. The number of thioether (sulfide) groups is 1. The Morgan fingerprint density at radius 3 is 2.68 bits per heavy atom. The third-order valence-corrected chi connectivity index (χ3v) is 5.54. The molecule has 1 saturated heterocycles. The molecule has 2 aromatic heterocycles. The Balaban J connectivity index is 1.63. The van der Waals surface area contributed by atoms with Gasteiger partial charge in [0.05, 0.1) is 24.2 Å². The minimum Gasteiger partial charge on any atom is -0.378 e. The Morgan fingerprint density at radius 1 is 1.14 bits per heavy atom. The van der Waals surface area contributed by atoms with Crippen LogP contribution < -0.4 is 4.90 Å². The quantitative estimate of drug-likeness (QED) is 0.559. The van der Waals surface area contributed by atoms with Crippen LogP contribution in [0.4, 0.5) is 5.95 Å². The van der Waals surface area contributed by atoms with Crippen LogP contribution in [0, 0.1) is 0 Å². The molecule has 0 bridgehead atoms. The van der Waals surface area contributed by atoms with Crippen molar-refractivity contribution in [2.75, 3.05) is 31.2 Å². The topological polar surface area (TPSA) is 82.1 Å². The van der Waals surface area contributed by atoms with Crippen LogP contribution in [-0.2, 0) is 11.2 Å². The summed E-state index contributed by atoms with van der Waals surface area (Å²) in [6, 6.07) is 10.2. The van der Waals surface area contributed by atoms with Crippen molar-refractivity contribution in [1.29, 1.82) is 0 Å². The number of benzene rings is 1. The van der Waals surface area contributed by atoms with Gasteiger partial charge in [-0.05, 0) is 25.5 Å². The minimum absolute atomic E-state index is 0.0256. The van der Waals surface area contributed by atoms with E-state index in [1.165, 1.54) is 0 Å². The van der Waals surface area contributed by atoms with Crippen LogP contribution in [0.25, 0.3) is 5.69 Å². The van der Waals surface area contributed by atoms with Crippen LogP contribution in [-0.4, -0.2) is 51.2 Å². The van der Waals surface area contributed by atoms with Crippen molar-refractivity contribution in [2.24, 2.45) is 0 Å². The van der Waals surface area contributed by atoms with Gasteiger partial charge in [-0.2, -0.15) is 4.98 Å². The van der Waals surface area contributed by atoms with Gasteiger partial charge in [0, 0.05) is 19.5 Å². The van der Waals surface area contributed by atoms with Gasteiger partial charge >= 0.3 is 0 Å². The summed E-state index contributed by atoms with van der Waals surface area (Å²) >= 11 is 1.57. The largest absolute Gasteiger partial charge is 0.378 e. The first-order valence-corrected chi connectivity index (χ1v) is 10.5. The molecular formula is C19H24N6O2S. The van der Waals surface area contributed by atoms with Crippen LogP contribution in [0.3, 0.4) is 0 Å². The molecule has 8 nitrogen and oxygen atoms in total. The van der Waals surface area contributed by atoms with Crippen molar-refractivity contribution in [3.63, 3.8) is 0 Å². The molecule has 0 aliphatic carbocycles. The molecule has 0 spiro atoms. The first-order chi connectivity index (χ1) is 13.8. The lowest BCUT2D eigenvalue weighted by atomic mass is 10.3. The van der Waals surface area contributed by atoms with E-state index < -0.39 is 0 Å². The second-order valence-corrected chi connectivity index (χ2v) is 7.92. The van der Waals surface area contributed by atoms with Gasteiger partial charge in [0.15, 0.2) is 11.0 Å². The molecule has 0 radical (unpaired) electrons. The fraction of sp³-hybridized carbons (Fsp3) is 0.474. The predicted molar refractivity (Wildman–Crippen MR) is 107 cm³/mol. The zero-order valence-electron chi connectivity index (χ0n) is 16.1. The Hall–Kier alpha value is -2.39. The fourth-order valence-electron chi connectivity index (χ4n) is 3.08. The van der Waals surface area contributed by atoms with Crippen LogP contribution in [0.1, 0.15) is 37.2 Å². The van der Waals surface area contributed by atoms with E-state index in [1.807, 2.05) is 25.1 Å². The zero-order valence-corrected chi connectivity index (χ0v) is 16.9. The first-order valence-electron chi connectivity index (χ1n) is 9.59. The standard InChI is InChI=1S/C19H24N6O2S/c1-3-7-16-20-17(27-23-16)14(2)28-19-22-21-18(24-10-12-26-13-11-24)25(19)15-8-5-4-6-9-15/h4-6,8-9,14H,3,7,10-13H2,1-2H3. The van der Waals surface area contributed by atoms with Gasteiger partial charge in [0.2, 0.25) is 11.8 Å². The van der Waals surface area contributed by atoms with E-state index in [4.69, 9.17) is 9.26 Å². The SMILES string of the molecule is CCCc1noc(C(C)Sc2nnc(N3CCOCC3)n2-c2ccccc2)n1.